The van der Waals surface area contributed by atoms with Gasteiger partial charge in [0.05, 0.1) is 0 Å². The molecular formula is C24H40N6. The first-order valence-electron chi connectivity index (χ1n) is 11.4. The SMILES string of the molecule is CCCCNC.Cc1nccc(N2CCN(C)CC2)n1.c1cnc2c(c1)CCCC2. The Morgan fingerprint density at radius 3 is 2.40 bits per heavy atom. The fourth-order valence-corrected chi connectivity index (χ4v) is 3.54. The van der Waals surface area contributed by atoms with E-state index in [0.717, 1.165) is 44.4 Å². The van der Waals surface area contributed by atoms with Crippen LogP contribution in [0.3, 0.4) is 0 Å². The highest BCUT2D eigenvalue weighted by molar-refractivity contribution is 5.37. The Bertz CT molecular complexity index is 683. The average Bonchev–Trinajstić information content (AvgIpc) is 2.79. The van der Waals surface area contributed by atoms with Crippen LogP contribution in [0.2, 0.25) is 0 Å². The Hall–Kier alpha value is -2.05. The van der Waals surface area contributed by atoms with E-state index in [-0.39, 0.29) is 0 Å². The molecule has 1 aliphatic heterocycles. The molecule has 1 fully saturated rings. The molecule has 0 spiro atoms. The number of fused-ring (bicyclic) bond motifs is 1. The van der Waals surface area contributed by atoms with Crippen LogP contribution >= 0.6 is 0 Å². The lowest BCUT2D eigenvalue weighted by atomic mass is 9.96. The summed E-state index contributed by atoms with van der Waals surface area (Å²) >= 11 is 0. The van der Waals surface area contributed by atoms with E-state index in [1.807, 2.05) is 38.5 Å². The second-order valence-corrected chi connectivity index (χ2v) is 8.03. The van der Waals surface area contributed by atoms with E-state index in [4.69, 9.17) is 0 Å². The zero-order valence-corrected chi connectivity index (χ0v) is 19.4. The highest BCUT2D eigenvalue weighted by Gasteiger charge is 2.14. The van der Waals surface area contributed by atoms with Gasteiger partial charge in [-0.25, -0.2) is 9.97 Å². The molecule has 0 unspecified atom stereocenters. The van der Waals surface area contributed by atoms with Crippen molar-refractivity contribution in [2.45, 2.75) is 52.4 Å². The predicted molar refractivity (Wildman–Crippen MR) is 126 cm³/mol. The van der Waals surface area contributed by atoms with E-state index in [0.29, 0.717) is 0 Å². The molecule has 0 atom stereocenters. The first-order chi connectivity index (χ1) is 14.6. The van der Waals surface area contributed by atoms with Gasteiger partial charge in [0, 0.05) is 44.3 Å². The minimum absolute atomic E-state index is 0.849. The lowest BCUT2D eigenvalue weighted by molar-refractivity contribution is 0.312. The van der Waals surface area contributed by atoms with E-state index in [2.05, 4.69) is 50.1 Å². The van der Waals surface area contributed by atoms with Gasteiger partial charge >= 0.3 is 0 Å². The molecule has 6 heteroatoms. The van der Waals surface area contributed by atoms with E-state index in [9.17, 15) is 0 Å². The minimum atomic E-state index is 0.849. The number of aryl methyl sites for hydroxylation is 3. The second kappa shape index (κ2) is 14.0. The van der Waals surface area contributed by atoms with Gasteiger partial charge in [-0.05, 0) is 77.4 Å². The van der Waals surface area contributed by atoms with Crippen molar-refractivity contribution in [3.05, 3.63) is 47.7 Å². The van der Waals surface area contributed by atoms with Crippen molar-refractivity contribution in [3.8, 4) is 0 Å². The quantitative estimate of drug-likeness (QED) is 0.776. The third-order valence-electron chi connectivity index (χ3n) is 5.46. The van der Waals surface area contributed by atoms with Crippen molar-refractivity contribution < 1.29 is 0 Å². The molecule has 0 aromatic carbocycles. The third-order valence-corrected chi connectivity index (χ3v) is 5.46. The van der Waals surface area contributed by atoms with Crippen molar-refractivity contribution in [3.63, 3.8) is 0 Å². The molecule has 0 bridgehead atoms. The van der Waals surface area contributed by atoms with E-state index >= 15 is 0 Å². The average molecular weight is 413 g/mol. The molecule has 166 valence electrons. The number of pyridine rings is 1. The third kappa shape index (κ3) is 8.76. The summed E-state index contributed by atoms with van der Waals surface area (Å²) in [6.07, 6.45) is 11.4. The zero-order valence-electron chi connectivity index (χ0n) is 19.4. The van der Waals surface area contributed by atoms with Gasteiger partial charge < -0.3 is 15.1 Å². The Kier molecular flexibility index (Phi) is 11.3. The summed E-state index contributed by atoms with van der Waals surface area (Å²) in [4.78, 5) is 17.5. The largest absolute Gasteiger partial charge is 0.354 e. The van der Waals surface area contributed by atoms with Crippen LogP contribution < -0.4 is 10.2 Å². The van der Waals surface area contributed by atoms with Gasteiger partial charge in [0.25, 0.3) is 0 Å². The molecule has 1 aliphatic carbocycles. The maximum atomic E-state index is 4.42. The Labute approximate surface area is 183 Å². The fourth-order valence-electron chi connectivity index (χ4n) is 3.54. The van der Waals surface area contributed by atoms with Crippen LogP contribution in [0.4, 0.5) is 5.82 Å². The molecule has 4 rings (SSSR count). The number of nitrogens with zero attached hydrogens (tertiary/aromatic N) is 5. The lowest BCUT2D eigenvalue weighted by Gasteiger charge is -2.33. The summed E-state index contributed by atoms with van der Waals surface area (Å²) < 4.78 is 0. The standard InChI is InChI=1S/C10H16N4.C9H11N.C5H13N/c1-9-11-4-3-10(12-9)14-7-5-13(2)6-8-14;1-2-6-9-8(4-1)5-3-7-10-9;1-3-4-5-6-2/h3-4H,5-8H2,1-2H3;3,5,7H,1-2,4,6H2;6H,3-5H2,1-2H3. The molecule has 3 heterocycles. The minimum Gasteiger partial charge on any atom is -0.354 e. The van der Waals surface area contributed by atoms with E-state index in [1.165, 1.54) is 49.8 Å². The molecule has 1 saturated heterocycles. The molecule has 2 aromatic rings. The normalized spacial score (nSPS) is 15.9. The first-order valence-corrected chi connectivity index (χ1v) is 11.4. The van der Waals surface area contributed by atoms with Gasteiger partial charge in [0.15, 0.2) is 0 Å². The number of nitrogens with one attached hydrogen (secondary N) is 1. The molecule has 0 saturated carbocycles. The summed E-state index contributed by atoms with van der Waals surface area (Å²) in [7, 11) is 4.14. The van der Waals surface area contributed by atoms with Crippen LogP contribution in [0.5, 0.6) is 0 Å². The number of anilines is 1. The Balaban J connectivity index is 0.000000175. The highest BCUT2D eigenvalue weighted by atomic mass is 15.3. The summed E-state index contributed by atoms with van der Waals surface area (Å²) in [6.45, 7) is 9.64. The van der Waals surface area contributed by atoms with Gasteiger partial charge in [-0.3, -0.25) is 4.98 Å². The number of hydrogen-bond donors (Lipinski definition) is 1. The van der Waals surface area contributed by atoms with Crippen LogP contribution in [0.1, 0.15) is 49.7 Å². The highest BCUT2D eigenvalue weighted by Crippen LogP contribution is 2.17. The smallest absolute Gasteiger partial charge is 0.132 e. The van der Waals surface area contributed by atoms with Crippen LogP contribution in [-0.4, -0.2) is 66.7 Å². The monoisotopic (exact) mass is 412 g/mol. The molecule has 6 nitrogen and oxygen atoms in total. The fraction of sp³-hybridized carbons (Fsp3) is 0.625. The van der Waals surface area contributed by atoms with Gasteiger partial charge in [0.1, 0.15) is 11.6 Å². The number of hydrogen-bond acceptors (Lipinski definition) is 6. The Morgan fingerprint density at radius 1 is 1.00 bits per heavy atom. The first kappa shape index (κ1) is 24.2. The van der Waals surface area contributed by atoms with Crippen LogP contribution in [0.25, 0.3) is 0 Å². The molecule has 0 radical (unpaired) electrons. The van der Waals surface area contributed by atoms with Crippen molar-refractivity contribution in [1.29, 1.82) is 0 Å². The molecule has 2 aliphatic rings. The molecule has 0 amide bonds. The van der Waals surface area contributed by atoms with Crippen molar-refractivity contribution in [2.24, 2.45) is 0 Å². The predicted octanol–water partition coefficient (Wildman–Crippen LogP) is 3.50. The summed E-state index contributed by atoms with van der Waals surface area (Å²) in [6, 6.07) is 6.21. The molecule has 1 N–H and O–H groups in total. The number of unbranched alkanes of at least 4 members (excludes halogenated alkanes) is 1. The number of piperazine rings is 1. The van der Waals surface area contributed by atoms with Gasteiger partial charge in [-0.2, -0.15) is 0 Å². The molecule has 30 heavy (non-hydrogen) atoms. The molecule has 2 aromatic heterocycles. The van der Waals surface area contributed by atoms with Gasteiger partial charge in [-0.15, -0.1) is 0 Å². The zero-order chi connectivity index (χ0) is 21.6. The van der Waals surface area contributed by atoms with Gasteiger partial charge in [0.2, 0.25) is 0 Å². The van der Waals surface area contributed by atoms with Crippen molar-refractivity contribution in [1.82, 2.24) is 25.2 Å². The van der Waals surface area contributed by atoms with Crippen molar-refractivity contribution in [2.75, 3.05) is 51.7 Å². The number of likely N-dealkylation sites (N-methyl/N-ethyl adjacent to an activating group) is 1. The van der Waals surface area contributed by atoms with E-state index < -0.39 is 0 Å². The number of aromatic nitrogens is 3. The summed E-state index contributed by atoms with van der Waals surface area (Å²) in [5.41, 5.74) is 2.79. The second-order valence-electron chi connectivity index (χ2n) is 8.03. The van der Waals surface area contributed by atoms with Crippen LogP contribution in [-0.2, 0) is 12.8 Å². The van der Waals surface area contributed by atoms with Crippen LogP contribution in [0, 0.1) is 6.92 Å². The van der Waals surface area contributed by atoms with Gasteiger partial charge in [-0.1, -0.05) is 19.4 Å². The topological polar surface area (TPSA) is 57.2 Å². The lowest BCUT2D eigenvalue weighted by Crippen LogP contribution is -2.44. The number of rotatable bonds is 4. The maximum absolute atomic E-state index is 4.42. The Morgan fingerprint density at radius 2 is 1.77 bits per heavy atom. The molecular weight excluding hydrogens is 372 g/mol. The summed E-state index contributed by atoms with van der Waals surface area (Å²) in [5, 5.41) is 3.07. The maximum Gasteiger partial charge on any atom is 0.132 e. The van der Waals surface area contributed by atoms with Crippen molar-refractivity contribution >= 4 is 5.82 Å². The van der Waals surface area contributed by atoms with E-state index in [1.54, 1.807) is 0 Å². The summed E-state index contributed by atoms with van der Waals surface area (Å²) in [5.74, 6) is 1.91. The van der Waals surface area contributed by atoms with Crippen LogP contribution in [0.15, 0.2) is 30.6 Å².